The fourth-order valence-electron chi connectivity index (χ4n) is 1.99. The summed E-state index contributed by atoms with van der Waals surface area (Å²) in [4.78, 5) is 0. The van der Waals surface area contributed by atoms with Crippen molar-refractivity contribution in [1.29, 1.82) is 0 Å². The van der Waals surface area contributed by atoms with E-state index in [4.69, 9.17) is 12.2 Å². The van der Waals surface area contributed by atoms with Crippen LogP contribution in [0.25, 0.3) is 0 Å². The molecule has 1 aromatic carbocycles. The molecule has 0 unspecified atom stereocenters. The maximum absolute atomic E-state index is 5.34. The van der Waals surface area contributed by atoms with Gasteiger partial charge in [-0.3, -0.25) is 0 Å². The Balaban J connectivity index is 2.70. The van der Waals surface area contributed by atoms with Gasteiger partial charge >= 0.3 is 0 Å². The van der Waals surface area contributed by atoms with Crippen LogP contribution in [0.15, 0.2) is 16.6 Å². The molecule has 4 heteroatoms. The second kappa shape index (κ2) is 7.10. The summed E-state index contributed by atoms with van der Waals surface area (Å²) >= 11 is 8.84. The topological polar surface area (TPSA) is 24.1 Å². The van der Waals surface area contributed by atoms with Gasteiger partial charge in [0.15, 0.2) is 5.11 Å². The van der Waals surface area contributed by atoms with E-state index in [9.17, 15) is 0 Å². The summed E-state index contributed by atoms with van der Waals surface area (Å²) in [5, 5.41) is 7.30. The van der Waals surface area contributed by atoms with Crippen LogP contribution < -0.4 is 10.6 Å². The molecule has 0 aliphatic heterocycles. The van der Waals surface area contributed by atoms with Crippen LogP contribution in [0.3, 0.4) is 0 Å². The molecule has 0 aliphatic rings. The van der Waals surface area contributed by atoms with Gasteiger partial charge in [-0.1, -0.05) is 29.3 Å². The first-order chi connectivity index (χ1) is 8.43. The quantitative estimate of drug-likeness (QED) is 0.793. The Morgan fingerprint density at radius 3 is 2.39 bits per heavy atom. The smallest absolute Gasteiger partial charge is 0.171 e. The maximum Gasteiger partial charge on any atom is 0.171 e. The van der Waals surface area contributed by atoms with Crippen LogP contribution in [0.2, 0.25) is 0 Å². The largest absolute Gasteiger partial charge is 0.360 e. The van der Waals surface area contributed by atoms with Crippen molar-refractivity contribution >= 4 is 38.9 Å². The normalized spacial score (nSPS) is 12.1. The van der Waals surface area contributed by atoms with E-state index in [1.807, 2.05) is 0 Å². The van der Waals surface area contributed by atoms with E-state index in [0.29, 0.717) is 11.2 Å². The first-order valence-corrected chi connectivity index (χ1v) is 7.48. The van der Waals surface area contributed by atoms with E-state index in [1.165, 1.54) is 11.1 Å². The van der Waals surface area contributed by atoms with E-state index >= 15 is 0 Å². The molecule has 0 amide bonds. The molecule has 0 heterocycles. The zero-order chi connectivity index (χ0) is 13.7. The van der Waals surface area contributed by atoms with Crippen molar-refractivity contribution in [2.24, 2.45) is 0 Å². The minimum absolute atomic E-state index is 0.408. The highest BCUT2D eigenvalue weighted by molar-refractivity contribution is 9.10. The number of benzene rings is 1. The highest BCUT2D eigenvalue weighted by Crippen LogP contribution is 2.25. The fraction of sp³-hybridized carbons (Fsp3) is 0.500. The van der Waals surface area contributed by atoms with Gasteiger partial charge in [-0.15, -0.1) is 0 Å². The second-order valence-corrected chi connectivity index (χ2v) is 6.03. The second-order valence-electron chi connectivity index (χ2n) is 4.70. The molecule has 0 saturated carbocycles. The monoisotopic (exact) mass is 328 g/mol. The fourth-order valence-corrected chi connectivity index (χ4v) is 2.98. The molecule has 2 nitrogen and oxygen atoms in total. The molecule has 18 heavy (non-hydrogen) atoms. The number of thiocarbonyl (C=S) groups is 1. The van der Waals surface area contributed by atoms with Crippen LogP contribution in [0.4, 0.5) is 5.69 Å². The molecule has 0 spiro atoms. The predicted octanol–water partition coefficient (Wildman–Crippen LogP) is 4.54. The molecule has 0 bridgehead atoms. The predicted molar refractivity (Wildman–Crippen MR) is 87.3 cm³/mol. The lowest BCUT2D eigenvalue weighted by molar-refractivity contribution is 0.599. The highest BCUT2D eigenvalue weighted by atomic mass is 79.9. The zero-order valence-electron chi connectivity index (χ0n) is 11.4. The average Bonchev–Trinajstić information content (AvgIpc) is 2.23. The summed E-state index contributed by atoms with van der Waals surface area (Å²) < 4.78 is 1.10. The molecule has 1 rings (SSSR count). The minimum atomic E-state index is 0.408. The lowest BCUT2D eigenvalue weighted by atomic mass is 10.1. The number of anilines is 1. The van der Waals surface area contributed by atoms with E-state index in [2.05, 4.69) is 66.4 Å². The molecular weight excluding hydrogens is 308 g/mol. The molecule has 0 fully saturated rings. The molecule has 2 N–H and O–H groups in total. The number of nitrogens with one attached hydrogen (secondary N) is 2. The SMILES string of the molecule is CCC[C@H](C)NC(=S)Nc1c(C)cc(Br)cc1C. The molecule has 0 radical (unpaired) electrons. The van der Waals surface area contributed by atoms with Gasteiger partial charge in [0, 0.05) is 16.2 Å². The average molecular weight is 329 g/mol. The minimum Gasteiger partial charge on any atom is -0.360 e. The molecule has 0 aromatic heterocycles. The van der Waals surface area contributed by atoms with Gasteiger partial charge in [-0.2, -0.15) is 0 Å². The van der Waals surface area contributed by atoms with Crippen molar-refractivity contribution in [3.8, 4) is 0 Å². The highest BCUT2D eigenvalue weighted by Gasteiger charge is 2.08. The first-order valence-electron chi connectivity index (χ1n) is 6.28. The Bertz CT molecular complexity index is 409. The van der Waals surface area contributed by atoms with Crippen molar-refractivity contribution in [2.75, 3.05) is 5.32 Å². The summed E-state index contributed by atoms with van der Waals surface area (Å²) in [5.74, 6) is 0. The Labute approximate surface area is 124 Å². The van der Waals surface area contributed by atoms with E-state index in [-0.39, 0.29) is 0 Å². The van der Waals surface area contributed by atoms with Gasteiger partial charge in [-0.25, -0.2) is 0 Å². The number of aryl methyl sites for hydroxylation is 2. The number of rotatable bonds is 4. The van der Waals surface area contributed by atoms with Crippen LogP contribution in [0.5, 0.6) is 0 Å². The van der Waals surface area contributed by atoms with Crippen LogP contribution in [0, 0.1) is 13.8 Å². The zero-order valence-corrected chi connectivity index (χ0v) is 13.8. The lowest BCUT2D eigenvalue weighted by Crippen LogP contribution is -2.36. The van der Waals surface area contributed by atoms with Crippen molar-refractivity contribution < 1.29 is 0 Å². The van der Waals surface area contributed by atoms with Crippen molar-refractivity contribution in [3.05, 3.63) is 27.7 Å². The van der Waals surface area contributed by atoms with Gasteiger partial charge < -0.3 is 10.6 Å². The van der Waals surface area contributed by atoms with E-state index in [0.717, 1.165) is 23.0 Å². The van der Waals surface area contributed by atoms with Gasteiger partial charge in [0.1, 0.15) is 0 Å². The molecule has 0 aliphatic carbocycles. The third-order valence-electron chi connectivity index (χ3n) is 2.84. The van der Waals surface area contributed by atoms with Crippen LogP contribution in [-0.2, 0) is 0 Å². The summed E-state index contributed by atoms with van der Waals surface area (Å²) in [6, 6.07) is 4.59. The van der Waals surface area contributed by atoms with Crippen molar-refractivity contribution in [1.82, 2.24) is 5.32 Å². The van der Waals surface area contributed by atoms with Crippen molar-refractivity contribution in [2.45, 2.75) is 46.6 Å². The molecule has 100 valence electrons. The van der Waals surface area contributed by atoms with Crippen LogP contribution >= 0.6 is 28.1 Å². The maximum atomic E-state index is 5.34. The Morgan fingerprint density at radius 2 is 1.89 bits per heavy atom. The first kappa shape index (κ1) is 15.4. The Kier molecular flexibility index (Phi) is 6.09. The summed E-state index contributed by atoms with van der Waals surface area (Å²) in [6.07, 6.45) is 2.28. The molecule has 1 atom stereocenters. The van der Waals surface area contributed by atoms with Crippen molar-refractivity contribution in [3.63, 3.8) is 0 Å². The number of hydrogen-bond donors (Lipinski definition) is 2. The van der Waals surface area contributed by atoms with E-state index in [1.54, 1.807) is 0 Å². The van der Waals surface area contributed by atoms with E-state index < -0.39 is 0 Å². The van der Waals surface area contributed by atoms with Gasteiger partial charge in [0.05, 0.1) is 0 Å². The Hall–Kier alpha value is -0.610. The molecule has 1 aromatic rings. The molecule has 0 saturated heterocycles. The van der Waals surface area contributed by atoms with Crippen LogP contribution in [-0.4, -0.2) is 11.2 Å². The number of hydrogen-bond acceptors (Lipinski definition) is 1. The third-order valence-corrected chi connectivity index (χ3v) is 3.51. The standard InChI is InChI=1S/C14H21BrN2S/c1-5-6-11(4)16-14(18)17-13-9(2)7-12(15)8-10(13)3/h7-8,11H,5-6H2,1-4H3,(H2,16,17,18)/t11-/m0/s1. The summed E-state index contributed by atoms with van der Waals surface area (Å²) in [7, 11) is 0. The molecular formula is C14H21BrN2S. The lowest BCUT2D eigenvalue weighted by Gasteiger charge is -2.18. The number of halogens is 1. The third kappa shape index (κ3) is 4.58. The summed E-state index contributed by atoms with van der Waals surface area (Å²) in [6.45, 7) is 8.49. The van der Waals surface area contributed by atoms with Gasteiger partial charge in [0.2, 0.25) is 0 Å². The van der Waals surface area contributed by atoms with Gasteiger partial charge in [0.25, 0.3) is 0 Å². The van der Waals surface area contributed by atoms with Crippen LogP contribution in [0.1, 0.15) is 37.8 Å². The van der Waals surface area contributed by atoms with Gasteiger partial charge in [-0.05, 0) is 62.7 Å². The Morgan fingerprint density at radius 1 is 1.33 bits per heavy atom. The summed E-state index contributed by atoms with van der Waals surface area (Å²) in [5.41, 5.74) is 3.47.